The van der Waals surface area contributed by atoms with E-state index in [1.54, 1.807) is 37.4 Å². The quantitative estimate of drug-likeness (QED) is 0.350. The first-order valence-electron chi connectivity index (χ1n) is 10.2. The number of aromatic nitrogens is 1. The van der Waals surface area contributed by atoms with Gasteiger partial charge in [-0.2, -0.15) is 0 Å². The average Bonchev–Trinajstić information content (AvgIpc) is 3.15. The van der Waals surface area contributed by atoms with Gasteiger partial charge in [-0.3, -0.25) is 9.47 Å². The molecule has 0 saturated carbocycles. The van der Waals surface area contributed by atoms with Gasteiger partial charge in [0.25, 0.3) is 0 Å². The number of nitrogens with one attached hydrogen (secondary N) is 1. The van der Waals surface area contributed by atoms with E-state index in [1.165, 1.54) is 16.8 Å². The number of carbonyl (C=O) groups is 1. The Kier molecular flexibility index (Phi) is 6.38. The number of halogens is 2. The summed E-state index contributed by atoms with van der Waals surface area (Å²) in [6.07, 6.45) is 1.83. The number of anilines is 1. The van der Waals surface area contributed by atoms with E-state index in [1.807, 2.05) is 24.3 Å². The first-order chi connectivity index (χ1) is 15.7. The van der Waals surface area contributed by atoms with E-state index in [9.17, 15) is 13.2 Å². The lowest BCUT2D eigenvalue weighted by molar-refractivity contribution is -0.115. The maximum atomic E-state index is 12.5. The molecule has 3 N–H and O–H groups in total. The highest BCUT2D eigenvalue weighted by Gasteiger charge is 2.17. The van der Waals surface area contributed by atoms with Crippen molar-refractivity contribution in [1.29, 1.82) is 0 Å². The Balaban J connectivity index is 1.55. The molecule has 0 atom stereocenters. The van der Waals surface area contributed by atoms with E-state index in [2.05, 4.69) is 5.32 Å². The summed E-state index contributed by atoms with van der Waals surface area (Å²) >= 11 is 13.1. The number of carbonyl (C=O) groups excluding carboxylic acids is 1. The Bertz CT molecular complexity index is 1440. The molecule has 4 rings (SSSR count). The van der Waals surface area contributed by atoms with Crippen LogP contribution in [-0.4, -0.2) is 24.8 Å². The fourth-order valence-corrected chi connectivity index (χ4v) is 5.27. The van der Waals surface area contributed by atoms with Gasteiger partial charge in [-0.05, 0) is 35.9 Å². The summed E-state index contributed by atoms with van der Waals surface area (Å²) in [5.74, 6) is 5.81. The number of hydrogen-bond donors (Lipinski definition) is 2. The van der Waals surface area contributed by atoms with Gasteiger partial charge in [0.15, 0.2) is 9.84 Å². The molecular formula is C24H21Cl2N3O3S. The van der Waals surface area contributed by atoms with Crippen LogP contribution in [0.2, 0.25) is 10.0 Å². The number of hydrogen-bond acceptors (Lipinski definition) is 4. The van der Waals surface area contributed by atoms with Crippen molar-refractivity contribution in [1.82, 2.24) is 4.68 Å². The smallest absolute Gasteiger partial charge is 0.228 e. The van der Waals surface area contributed by atoms with Crippen molar-refractivity contribution in [2.75, 3.05) is 16.9 Å². The Hall–Kier alpha value is -3.00. The topological polar surface area (TPSA) is 94.2 Å². The van der Waals surface area contributed by atoms with Gasteiger partial charge in [0.05, 0.1) is 32.6 Å². The third-order valence-electron chi connectivity index (χ3n) is 5.36. The molecule has 33 heavy (non-hydrogen) atoms. The fourth-order valence-electron chi connectivity index (χ4n) is 3.70. The van der Waals surface area contributed by atoms with Crippen molar-refractivity contribution in [3.8, 4) is 11.1 Å². The van der Waals surface area contributed by atoms with E-state index >= 15 is 0 Å². The van der Waals surface area contributed by atoms with Crippen LogP contribution in [0.15, 0.2) is 71.8 Å². The van der Waals surface area contributed by atoms with E-state index in [0.717, 1.165) is 16.5 Å². The molecule has 6 nitrogen and oxygen atoms in total. The van der Waals surface area contributed by atoms with Gasteiger partial charge in [-0.25, -0.2) is 8.42 Å². The number of amides is 1. The lowest BCUT2D eigenvalue weighted by Gasteiger charge is -2.13. The molecule has 0 aliphatic carbocycles. The molecule has 0 fully saturated rings. The minimum atomic E-state index is -3.28. The molecule has 1 aromatic heterocycles. The van der Waals surface area contributed by atoms with Crippen LogP contribution in [0, 0.1) is 0 Å². The zero-order valence-corrected chi connectivity index (χ0v) is 20.0. The van der Waals surface area contributed by atoms with Crippen molar-refractivity contribution in [3.05, 3.63) is 82.5 Å². The third kappa shape index (κ3) is 4.71. The lowest BCUT2D eigenvalue weighted by atomic mass is 10.0. The highest BCUT2D eigenvalue weighted by Crippen LogP contribution is 2.40. The zero-order chi connectivity index (χ0) is 23.8. The third-order valence-corrected chi connectivity index (χ3v) is 7.71. The van der Waals surface area contributed by atoms with Crippen molar-refractivity contribution in [3.63, 3.8) is 0 Å². The van der Waals surface area contributed by atoms with Gasteiger partial charge in [0.2, 0.25) is 5.91 Å². The molecule has 0 bridgehead atoms. The van der Waals surface area contributed by atoms with Crippen LogP contribution >= 0.6 is 23.2 Å². The summed E-state index contributed by atoms with van der Waals surface area (Å²) in [6.45, 7) is 1.59. The largest absolute Gasteiger partial charge is 0.339 e. The summed E-state index contributed by atoms with van der Waals surface area (Å²) in [5, 5.41) is 4.50. The first-order valence-corrected chi connectivity index (χ1v) is 12.6. The minimum Gasteiger partial charge on any atom is -0.339 e. The standard InChI is InChI=1S/C24H21Cl2N3O3S/c1-2-33(31,32)18-8-6-15(7-9-18)12-22(30)28-17-13-20(25)23(21(26)14-17)19-5-3-4-16-10-11-29(27)24(16)19/h3-11,13-14H,2,12,27H2,1H3,(H,28,30). The van der Waals surface area contributed by atoms with Crippen LogP contribution in [0.25, 0.3) is 22.0 Å². The molecule has 4 aromatic rings. The number of rotatable bonds is 6. The van der Waals surface area contributed by atoms with Crippen molar-refractivity contribution >= 4 is 55.5 Å². The molecular weight excluding hydrogens is 481 g/mol. The highest BCUT2D eigenvalue weighted by molar-refractivity contribution is 7.91. The molecule has 1 amide bonds. The first kappa shape index (κ1) is 23.2. The molecule has 0 spiro atoms. The summed E-state index contributed by atoms with van der Waals surface area (Å²) in [4.78, 5) is 12.8. The van der Waals surface area contributed by atoms with Crippen LogP contribution in [0.3, 0.4) is 0 Å². The van der Waals surface area contributed by atoms with Crippen LogP contribution < -0.4 is 11.2 Å². The van der Waals surface area contributed by atoms with Gasteiger partial charge in [-0.15, -0.1) is 0 Å². The summed E-state index contributed by atoms with van der Waals surface area (Å²) in [7, 11) is -3.28. The summed E-state index contributed by atoms with van der Waals surface area (Å²) in [6, 6.07) is 17.2. The predicted molar refractivity (Wildman–Crippen MR) is 134 cm³/mol. The molecule has 170 valence electrons. The van der Waals surface area contributed by atoms with E-state index in [4.69, 9.17) is 29.0 Å². The molecule has 0 aliphatic rings. The second-order valence-electron chi connectivity index (χ2n) is 7.55. The number of nitrogens with zero attached hydrogens (tertiary/aromatic N) is 1. The fraction of sp³-hybridized carbons (Fsp3) is 0.125. The normalized spacial score (nSPS) is 11.6. The molecule has 1 heterocycles. The van der Waals surface area contributed by atoms with Gasteiger partial charge < -0.3 is 11.2 Å². The highest BCUT2D eigenvalue weighted by atomic mass is 35.5. The van der Waals surface area contributed by atoms with Crippen molar-refractivity contribution in [2.24, 2.45) is 0 Å². The number of nitrogen functional groups attached to an aromatic ring is 1. The Morgan fingerprint density at radius 2 is 1.70 bits per heavy atom. The second kappa shape index (κ2) is 9.09. The average molecular weight is 502 g/mol. The lowest BCUT2D eigenvalue weighted by Crippen LogP contribution is -2.14. The maximum absolute atomic E-state index is 12.5. The maximum Gasteiger partial charge on any atom is 0.228 e. The number of benzene rings is 3. The number of para-hydroxylation sites is 1. The Morgan fingerprint density at radius 1 is 1.03 bits per heavy atom. The zero-order valence-electron chi connectivity index (χ0n) is 17.7. The van der Waals surface area contributed by atoms with E-state index in [0.29, 0.717) is 26.9 Å². The van der Waals surface area contributed by atoms with Crippen LogP contribution in [0.1, 0.15) is 12.5 Å². The van der Waals surface area contributed by atoms with Gasteiger partial charge >= 0.3 is 0 Å². The van der Waals surface area contributed by atoms with Crippen molar-refractivity contribution < 1.29 is 13.2 Å². The van der Waals surface area contributed by atoms with Crippen molar-refractivity contribution in [2.45, 2.75) is 18.2 Å². The molecule has 0 saturated heterocycles. The van der Waals surface area contributed by atoms with Crippen LogP contribution in [0.4, 0.5) is 5.69 Å². The van der Waals surface area contributed by atoms with E-state index in [-0.39, 0.29) is 23.0 Å². The Morgan fingerprint density at radius 3 is 2.33 bits per heavy atom. The van der Waals surface area contributed by atoms with Crippen LogP contribution in [0.5, 0.6) is 0 Å². The SMILES string of the molecule is CCS(=O)(=O)c1ccc(CC(=O)Nc2cc(Cl)c(-c3cccc4ccn(N)c34)c(Cl)c2)cc1. The number of nitrogens with two attached hydrogens (primary N) is 1. The van der Waals surface area contributed by atoms with Crippen LogP contribution in [-0.2, 0) is 21.1 Å². The molecule has 9 heteroatoms. The Labute approximate surface area is 201 Å². The molecule has 3 aromatic carbocycles. The minimum absolute atomic E-state index is 0.0238. The van der Waals surface area contributed by atoms with Gasteiger partial charge in [0, 0.05) is 28.4 Å². The van der Waals surface area contributed by atoms with Gasteiger partial charge in [-0.1, -0.05) is 60.5 Å². The monoisotopic (exact) mass is 501 g/mol. The number of sulfone groups is 1. The number of fused-ring (bicyclic) bond motifs is 1. The molecule has 0 radical (unpaired) electrons. The molecule has 0 aliphatic heterocycles. The second-order valence-corrected chi connectivity index (χ2v) is 10.6. The predicted octanol–water partition coefficient (Wildman–Crippen LogP) is 5.30. The summed E-state index contributed by atoms with van der Waals surface area (Å²) < 4.78 is 25.4. The molecule has 0 unspecified atom stereocenters. The van der Waals surface area contributed by atoms with E-state index < -0.39 is 9.84 Å². The summed E-state index contributed by atoms with van der Waals surface area (Å²) in [5.41, 5.74) is 3.35. The van der Waals surface area contributed by atoms with Gasteiger partial charge in [0.1, 0.15) is 0 Å².